The molecular formula is C14H23N5O2. The lowest BCUT2D eigenvalue weighted by Gasteiger charge is -2.26. The maximum Gasteiger partial charge on any atom is 0.245 e. The summed E-state index contributed by atoms with van der Waals surface area (Å²) in [6, 6.07) is -0.442. The van der Waals surface area contributed by atoms with Crippen LogP contribution in [0.1, 0.15) is 39.4 Å². The summed E-state index contributed by atoms with van der Waals surface area (Å²) in [6.45, 7) is 7.52. The monoisotopic (exact) mass is 293 g/mol. The lowest BCUT2D eigenvalue weighted by atomic mass is 9.98. The molecule has 1 aliphatic rings. The van der Waals surface area contributed by atoms with Gasteiger partial charge in [0, 0.05) is 19.5 Å². The van der Waals surface area contributed by atoms with E-state index in [-0.39, 0.29) is 17.7 Å². The van der Waals surface area contributed by atoms with Crippen LogP contribution in [0.5, 0.6) is 0 Å². The minimum atomic E-state index is -0.442. The number of nitrogens with zero attached hydrogens (tertiary/aromatic N) is 4. The Morgan fingerprint density at radius 1 is 1.43 bits per heavy atom. The summed E-state index contributed by atoms with van der Waals surface area (Å²) in [7, 11) is 0. The Hall–Kier alpha value is -1.92. The van der Waals surface area contributed by atoms with Gasteiger partial charge in [0.2, 0.25) is 11.8 Å². The van der Waals surface area contributed by atoms with Crippen LogP contribution in [0, 0.1) is 5.92 Å². The van der Waals surface area contributed by atoms with Gasteiger partial charge in [-0.15, -0.1) is 0 Å². The van der Waals surface area contributed by atoms with Crippen LogP contribution in [0.15, 0.2) is 6.33 Å². The quantitative estimate of drug-likeness (QED) is 0.860. The number of aryl methyl sites for hydroxylation is 1. The lowest BCUT2D eigenvalue weighted by Crippen LogP contribution is -2.48. The third kappa shape index (κ3) is 3.40. The van der Waals surface area contributed by atoms with Gasteiger partial charge in [0.25, 0.3) is 0 Å². The molecule has 1 aromatic heterocycles. The minimum Gasteiger partial charge on any atom is -0.344 e. The normalized spacial score (nSPS) is 21.1. The Kier molecular flexibility index (Phi) is 4.93. The molecule has 1 aliphatic heterocycles. The molecule has 2 amide bonds. The van der Waals surface area contributed by atoms with Crippen LogP contribution in [-0.2, 0) is 22.7 Å². The number of nitrogens with one attached hydrogen (secondary N) is 1. The molecule has 0 aliphatic carbocycles. The van der Waals surface area contributed by atoms with Crippen LogP contribution in [0.4, 0.5) is 0 Å². The summed E-state index contributed by atoms with van der Waals surface area (Å²) < 4.78 is 1.77. The highest BCUT2D eigenvalue weighted by molar-refractivity contribution is 5.90. The highest BCUT2D eigenvalue weighted by Crippen LogP contribution is 2.16. The summed E-state index contributed by atoms with van der Waals surface area (Å²) >= 11 is 0. The Balaban J connectivity index is 2.17. The average Bonchev–Trinajstić information content (AvgIpc) is 2.89. The van der Waals surface area contributed by atoms with Crippen molar-refractivity contribution in [2.75, 3.05) is 6.54 Å². The number of amides is 2. The Bertz CT molecular complexity index is 513. The summed E-state index contributed by atoms with van der Waals surface area (Å²) in [5.74, 6) is 0.781. The molecule has 2 heterocycles. The van der Waals surface area contributed by atoms with E-state index in [1.165, 1.54) is 6.33 Å². The number of rotatable bonds is 5. The zero-order valence-electron chi connectivity index (χ0n) is 12.9. The molecule has 1 saturated heterocycles. The van der Waals surface area contributed by atoms with Crippen molar-refractivity contribution < 1.29 is 9.59 Å². The second-order valence-electron chi connectivity index (χ2n) is 5.43. The molecule has 0 aromatic carbocycles. The van der Waals surface area contributed by atoms with Crippen LogP contribution in [0.2, 0.25) is 0 Å². The fourth-order valence-corrected chi connectivity index (χ4v) is 2.47. The molecule has 0 spiro atoms. The standard InChI is InChI=1S/C14H23N5O2/c1-4-10(3)13-14(21)18(7-6-12(20)17-13)8-11-15-9-16-19(11)5-2/h9-10,13H,4-8H2,1-3H3,(H,17,20). The number of carbonyl (C=O) groups is 2. The molecule has 7 nitrogen and oxygen atoms in total. The second kappa shape index (κ2) is 6.69. The fourth-order valence-electron chi connectivity index (χ4n) is 2.47. The molecule has 2 rings (SSSR count). The first-order valence-corrected chi connectivity index (χ1v) is 7.51. The summed E-state index contributed by atoms with van der Waals surface area (Å²) in [5.41, 5.74) is 0. The van der Waals surface area contributed by atoms with Crippen molar-refractivity contribution in [1.82, 2.24) is 25.0 Å². The Morgan fingerprint density at radius 2 is 2.19 bits per heavy atom. The van der Waals surface area contributed by atoms with Gasteiger partial charge in [-0.25, -0.2) is 9.67 Å². The molecule has 1 aromatic rings. The van der Waals surface area contributed by atoms with Gasteiger partial charge in [-0.05, 0) is 12.8 Å². The average molecular weight is 293 g/mol. The molecule has 2 atom stereocenters. The van der Waals surface area contributed by atoms with E-state index in [1.807, 2.05) is 20.8 Å². The molecule has 0 saturated carbocycles. The van der Waals surface area contributed by atoms with E-state index in [9.17, 15) is 9.59 Å². The first kappa shape index (κ1) is 15.5. The van der Waals surface area contributed by atoms with Gasteiger partial charge in [-0.1, -0.05) is 20.3 Å². The number of hydrogen-bond donors (Lipinski definition) is 1. The number of hydrogen-bond acceptors (Lipinski definition) is 4. The molecule has 1 fully saturated rings. The van der Waals surface area contributed by atoms with Crippen LogP contribution in [0.25, 0.3) is 0 Å². The maximum absolute atomic E-state index is 12.7. The largest absolute Gasteiger partial charge is 0.344 e. The van der Waals surface area contributed by atoms with Gasteiger partial charge in [0.1, 0.15) is 18.2 Å². The maximum atomic E-state index is 12.7. The third-order valence-corrected chi connectivity index (χ3v) is 4.04. The van der Waals surface area contributed by atoms with Crippen molar-refractivity contribution in [2.24, 2.45) is 5.92 Å². The Labute approximate surface area is 124 Å². The van der Waals surface area contributed by atoms with Crippen LogP contribution in [0.3, 0.4) is 0 Å². The van der Waals surface area contributed by atoms with Gasteiger partial charge in [0.15, 0.2) is 0 Å². The van der Waals surface area contributed by atoms with Crippen molar-refractivity contribution >= 4 is 11.8 Å². The molecule has 2 unspecified atom stereocenters. The number of carbonyl (C=O) groups excluding carboxylic acids is 2. The van der Waals surface area contributed by atoms with Crippen LogP contribution < -0.4 is 5.32 Å². The zero-order chi connectivity index (χ0) is 15.4. The zero-order valence-corrected chi connectivity index (χ0v) is 12.9. The lowest BCUT2D eigenvalue weighted by molar-refractivity contribution is -0.135. The van der Waals surface area contributed by atoms with Gasteiger partial charge in [-0.2, -0.15) is 5.10 Å². The SMILES string of the molecule is CCC(C)C1NC(=O)CCN(Cc2ncnn2CC)C1=O. The van der Waals surface area contributed by atoms with E-state index in [4.69, 9.17) is 0 Å². The van der Waals surface area contributed by atoms with E-state index >= 15 is 0 Å². The van der Waals surface area contributed by atoms with Gasteiger partial charge < -0.3 is 10.2 Å². The van der Waals surface area contributed by atoms with Crippen molar-refractivity contribution in [1.29, 1.82) is 0 Å². The predicted molar refractivity (Wildman–Crippen MR) is 77.1 cm³/mol. The highest BCUT2D eigenvalue weighted by Gasteiger charge is 2.33. The third-order valence-electron chi connectivity index (χ3n) is 4.04. The van der Waals surface area contributed by atoms with Gasteiger partial charge >= 0.3 is 0 Å². The van der Waals surface area contributed by atoms with E-state index in [1.54, 1.807) is 9.58 Å². The topological polar surface area (TPSA) is 80.1 Å². The second-order valence-corrected chi connectivity index (χ2v) is 5.43. The predicted octanol–water partition coefficient (Wildman–Crippen LogP) is 0.561. The molecule has 1 N–H and O–H groups in total. The van der Waals surface area contributed by atoms with E-state index in [0.29, 0.717) is 26.1 Å². The number of aromatic nitrogens is 3. The molecule has 116 valence electrons. The Morgan fingerprint density at radius 3 is 2.86 bits per heavy atom. The molecular weight excluding hydrogens is 270 g/mol. The molecule has 21 heavy (non-hydrogen) atoms. The first-order chi connectivity index (χ1) is 10.1. The van der Waals surface area contributed by atoms with E-state index in [2.05, 4.69) is 15.4 Å². The smallest absolute Gasteiger partial charge is 0.245 e. The van der Waals surface area contributed by atoms with Crippen molar-refractivity contribution in [2.45, 2.75) is 52.7 Å². The van der Waals surface area contributed by atoms with Crippen molar-refractivity contribution in [3.63, 3.8) is 0 Å². The first-order valence-electron chi connectivity index (χ1n) is 7.51. The van der Waals surface area contributed by atoms with E-state index < -0.39 is 6.04 Å². The molecule has 0 radical (unpaired) electrons. The van der Waals surface area contributed by atoms with Crippen molar-refractivity contribution in [3.8, 4) is 0 Å². The minimum absolute atomic E-state index is 0.0270. The summed E-state index contributed by atoms with van der Waals surface area (Å²) in [5, 5.41) is 6.96. The van der Waals surface area contributed by atoms with Gasteiger partial charge in [-0.3, -0.25) is 9.59 Å². The summed E-state index contributed by atoms with van der Waals surface area (Å²) in [6.07, 6.45) is 2.67. The summed E-state index contributed by atoms with van der Waals surface area (Å²) in [4.78, 5) is 30.4. The molecule has 0 bridgehead atoms. The van der Waals surface area contributed by atoms with Crippen molar-refractivity contribution in [3.05, 3.63) is 12.2 Å². The molecule has 7 heteroatoms. The highest BCUT2D eigenvalue weighted by atomic mass is 16.2. The van der Waals surface area contributed by atoms with Gasteiger partial charge in [0.05, 0.1) is 6.54 Å². The van der Waals surface area contributed by atoms with Crippen LogP contribution >= 0.6 is 0 Å². The van der Waals surface area contributed by atoms with Crippen LogP contribution in [-0.4, -0.2) is 44.1 Å². The van der Waals surface area contributed by atoms with E-state index in [0.717, 1.165) is 12.2 Å². The fraction of sp³-hybridized carbons (Fsp3) is 0.714.